The first-order valence-electron chi connectivity index (χ1n) is 10.4. The molecule has 2 atom stereocenters. The van der Waals surface area contributed by atoms with Gasteiger partial charge in [-0.25, -0.2) is 4.79 Å². The summed E-state index contributed by atoms with van der Waals surface area (Å²) >= 11 is 0. The van der Waals surface area contributed by atoms with Crippen LogP contribution in [0.2, 0.25) is 0 Å². The van der Waals surface area contributed by atoms with Crippen LogP contribution < -0.4 is 10.6 Å². The highest BCUT2D eigenvalue weighted by Gasteiger charge is 2.33. The van der Waals surface area contributed by atoms with Gasteiger partial charge in [-0.1, -0.05) is 58.0 Å². The molecule has 0 aliphatic carbocycles. The van der Waals surface area contributed by atoms with Crippen molar-refractivity contribution in [1.82, 2.24) is 10.6 Å². The SMILES string of the molecule is CC(C)C[C@H](NC(=O)OCc1ccccc1)C(=O)N[C@@H](CC(C)C)C(=O)C1N=NN=N1. The molecule has 0 radical (unpaired) electrons. The van der Waals surface area contributed by atoms with Gasteiger partial charge in [-0.3, -0.25) is 9.59 Å². The molecule has 2 amide bonds. The summed E-state index contributed by atoms with van der Waals surface area (Å²) in [6.07, 6.45) is -0.956. The van der Waals surface area contributed by atoms with E-state index in [0.717, 1.165) is 5.56 Å². The lowest BCUT2D eigenvalue weighted by atomic mass is 9.97. The highest BCUT2D eigenvalue weighted by atomic mass is 16.5. The summed E-state index contributed by atoms with van der Waals surface area (Å²) in [5.41, 5.74) is 0.838. The molecule has 10 heteroatoms. The number of ketones is 1. The molecule has 1 aromatic carbocycles. The molecule has 31 heavy (non-hydrogen) atoms. The van der Waals surface area contributed by atoms with Gasteiger partial charge < -0.3 is 15.4 Å². The molecule has 0 saturated carbocycles. The van der Waals surface area contributed by atoms with Crippen LogP contribution >= 0.6 is 0 Å². The number of amides is 2. The molecule has 1 heterocycles. The third kappa shape index (κ3) is 8.23. The number of hydrogen-bond donors (Lipinski definition) is 2. The highest BCUT2D eigenvalue weighted by molar-refractivity contribution is 5.94. The molecule has 2 N–H and O–H groups in total. The van der Waals surface area contributed by atoms with E-state index < -0.39 is 30.2 Å². The maximum atomic E-state index is 13.0. The zero-order chi connectivity index (χ0) is 22.8. The Labute approximate surface area is 181 Å². The van der Waals surface area contributed by atoms with E-state index in [1.807, 2.05) is 58.0 Å². The minimum Gasteiger partial charge on any atom is -0.445 e. The molecule has 0 aromatic heterocycles. The lowest BCUT2D eigenvalue weighted by Crippen LogP contribution is -2.53. The normalized spacial score (nSPS) is 15.2. The number of benzene rings is 1. The van der Waals surface area contributed by atoms with Crippen LogP contribution in [0.25, 0.3) is 0 Å². The van der Waals surface area contributed by atoms with Gasteiger partial charge in [0.1, 0.15) is 12.6 Å². The van der Waals surface area contributed by atoms with Crippen LogP contribution in [-0.2, 0) is 20.9 Å². The molecule has 0 saturated heterocycles. The van der Waals surface area contributed by atoms with E-state index in [2.05, 4.69) is 31.3 Å². The summed E-state index contributed by atoms with van der Waals surface area (Å²) in [4.78, 5) is 38.0. The molecule has 2 rings (SSSR count). The molecule has 1 aliphatic heterocycles. The van der Waals surface area contributed by atoms with Crippen molar-refractivity contribution < 1.29 is 19.1 Å². The summed E-state index contributed by atoms with van der Waals surface area (Å²) < 4.78 is 5.24. The summed E-state index contributed by atoms with van der Waals surface area (Å²) in [6, 6.07) is 7.58. The molecule has 168 valence electrons. The van der Waals surface area contributed by atoms with Crippen LogP contribution in [0.4, 0.5) is 4.79 Å². The number of rotatable bonds is 11. The van der Waals surface area contributed by atoms with Gasteiger partial charge in [-0.2, -0.15) is 0 Å². The second kappa shape index (κ2) is 11.9. The fourth-order valence-electron chi connectivity index (χ4n) is 3.06. The van der Waals surface area contributed by atoms with Gasteiger partial charge in [-0.15, -0.1) is 10.2 Å². The minimum absolute atomic E-state index is 0.0921. The Balaban J connectivity index is 2.01. The second-order valence-corrected chi connectivity index (χ2v) is 8.26. The number of nitrogens with zero attached hydrogens (tertiary/aromatic N) is 4. The smallest absolute Gasteiger partial charge is 0.408 e. The van der Waals surface area contributed by atoms with E-state index in [1.54, 1.807) is 0 Å². The quantitative estimate of drug-likeness (QED) is 0.555. The van der Waals surface area contributed by atoms with E-state index in [1.165, 1.54) is 0 Å². The van der Waals surface area contributed by atoms with Crippen molar-refractivity contribution >= 4 is 17.8 Å². The fourth-order valence-corrected chi connectivity index (χ4v) is 3.06. The minimum atomic E-state index is -1.05. The number of Topliss-reactive ketones (excluding diaryl/α,β-unsaturated/α-hetero) is 1. The monoisotopic (exact) mass is 430 g/mol. The molecule has 10 nitrogen and oxygen atoms in total. The average molecular weight is 431 g/mol. The van der Waals surface area contributed by atoms with Crippen molar-refractivity contribution in [3.8, 4) is 0 Å². The number of carbonyl (C=O) groups is 3. The third-order valence-electron chi connectivity index (χ3n) is 4.51. The Bertz CT molecular complexity index is 797. The lowest BCUT2D eigenvalue weighted by Gasteiger charge is -2.25. The van der Waals surface area contributed by atoms with Gasteiger partial charge in [0.15, 0.2) is 0 Å². The van der Waals surface area contributed by atoms with E-state index in [9.17, 15) is 14.4 Å². The van der Waals surface area contributed by atoms with Crippen molar-refractivity contribution in [2.24, 2.45) is 32.5 Å². The van der Waals surface area contributed by atoms with Crippen molar-refractivity contribution in [2.75, 3.05) is 0 Å². The molecule has 0 spiro atoms. The Morgan fingerprint density at radius 2 is 1.48 bits per heavy atom. The van der Waals surface area contributed by atoms with Gasteiger partial charge in [0.25, 0.3) is 0 Å². The predicted octanol–water partition coefficient (Wildman–Crippen LogP) is 3.59. The first-order valence-corrected chi connectivity index (χ1v) is 10.4. The Hall–Kier alpha value is -3.17. The topological polar surface area (TPSA) is 134 Å². The van der Waals surface area contributed by atoms with Crippen LogP contribution in [0.1, 0.15) is 46.1 Å². The van der Waals surface area contributed by atoms with Crippen LogP contribution in [0.3, 0.4) is 0 Å². The number of nitrogens with one attached hydrogen (secondary N) is 2. The van der Waals surface area contributed by atoms with Gasteiger partial charge in [-0.05, 0) is 40.7 Å². The standard InChI is InChI=1S/C21H30N6O4/c1-13(2)10-16(18(28)19-24-26-27-25-19)22-20(29)17(11-14(3)4)23-21(30)31-12-15-8-6-5-7-9-15/h5-9,13-14,16-17,19H,10-12H2,1-4H3,(H,22,29)(H,23,30)/t16-,17-/m0/s1. The maximum Gasteiger partial charge on any atom is 0.408 e. The highest BCUT2D eigenvalue weighted by Crippen LogP contribution is 2.15. The summed E-state index contributed by atoms with van der Waals surface area (Å²) in [6.45, 7) is 7.85. The van der Waals surface area contributed by atoms with Gasteiger partial charge in [0.2, 0.25) is 17.9 Å². The first-order chi connectivity index (χ1) is 14.8. The zero-order valence-electron chi connectivity index (χ0n) is 18.3. The second-order valence-electron chi connectivity index (χ2n) is 8.26. The molecular weight excluding hydrogens is 400 g/mol. The van der Waals surface area contributed by atoms with Gasteiger partial charge in [0.05, 0.1) is 6.04 Å². The van der Waals surface area contributed by atoms with Crippen LogP contribution in [0, 0.1) is 11.8 Å². The molecule has 0 unspecified atom stereocenters. The number of carbonyl (C=O) groups excluding carboxylic acids is 3. The average Bonchev–Trinajstić information content (AvgIpc) is 3.25. The van der Waals surface area contributed by atoms with E-state index in [-0.39, 0.29) is 24.2 Å². The Morgan fingerprint density at radius 1 is 0.903 bits per heavy atom. The summed E-state index contributed by atoms with van der Waals surface area (Å²) in [7, 11) is 0. The zero-order valence-corrected chi connectivity index (χ0v) is 18.3. The number of ether oxygens (including phenoxy) is 1. The van der Waals surface area contributed by atoms with Crippen LogP contribution in [0.5, 0.6) is 0 Å². The van der Waals surface area contributed by atoms with E-state index in [4.69, 9.17) is 4.74 Å². The van der Waals surface area contributed by atoms with Crippen molar-refractivity contribution in [3.63, 3.8) is 0 Å². The van der Waals surface area contributed by atoms with Crippen LogP contribution in [-0.4, -0.2) is 36.0 Å². The first kappa shape index (κ1) is 24.1. The summed E-state index contributed by atoms with van der Waals surface area (Å²) in [5, 5.41) is 19.4. The summed E-state index contributed by atoms with van der Waals surface area (Å²) in [5.74, 6) is -0.586. The predicted molar refractivity (Wildman–Crippen MR) is 113 cm³/mol. The lowest BCUT2D eigenvalue weighted by molar-refractivity contribution is -0.130. The van der Waals surface area contributed by atoms with Crippen LogP contribution in [0.15, 0.2) is 51.0 Å². The largest absolute Gasteiger partial charge is 0.445 e. The fraction of sp³-hybridized carbons (Fsp3) is 0.571. The Morgan fingerprint density at radius 3 is 2.06 bits per heavy atom. The number of alkyl carbamates (subject to hydrolysis) is 1. The van der Waals surface area contributed by atoms with Crippen molar-refractivity contribution in [3.05, 3.63) is 35.9 Å². The van der Waals surface area contributed by atoms with Gasteiger partial charge in [0, 0.05) is 0 Å². The van der Waals surface area contributed by atoms with E-state index >= 15 is 0 Å². The molecule has 0 fully saturated rings. The molecular formula is C21H30N6O4. The van der Waals surface area contributed by atoms with Crippen molar-refractivity contribution in [1.29, 1.82) is 0 Å². The molecule has 1 aromatic rings. The number of hydrogen-bond acceptors (Lipinski definition) is 8. The maximum absolute atomic E-state index is 13.0. The van der Waals surface area contributed by atoms with E-state index in [0.29, 0.717) is 12.8 Å². The Kier molecular flexibility index (Phi) is 9.23. The molecule has 0 bridgehead atoms. The van der Waals surface area contributed by atoms with Crippen molar-refractivity contribution in [2.45, 2.75) is 65.4 Å². The third-order valence-corrected chi connectivity index (χ3v) is 4.51. The van der Waals surface area contributed by atoms with Gasteiger partial charge >= 0.3 is 6.09 Å². The molecule has 1 aliphatic rings.